The van der Waals surface area contributed by atoms with Crippen LogP contribution < -0.4 is 5.32 Å². The van der Waals surface area contributed by atoms with E-state index in [1.165, 1.54) is 5.56 Å². The minimum absolute atomic E-state index is 0.350. The van der Waals surface area contributed by atoms with E-state index in [-0.39, 0.29) is 0 Å². The predicted molar refractivity (Wildman–Crippen MR) is 75.5 cm³/mol. The highest BCUT2D eigenvalue weighted by atomic mass is 16.5. The molecule has 3 heteroatoms. The first-order valence-corrected chi connectivity index (χ1v) is 6.95. The summed E-state index contributed by atoms with van der Waals surface area (Å²) in [4.78, 5) is 4.17. The molecule has 0 aromatic carbocycles. The molecule has 102 valence electrons. The Kier molecular flexibility index (Phi) is 7.62. The zero-order chi connectivity index (χ0) is 13.2. The largest absolute Gasteiger partial charge is 0.381 e. The Hall–Kier alpha value is -0.930. The molecule has 0 radical (unpaired) electrons. The summed E-state index contributed by atoms with van der Waals surface area (Å²) in [6.07, 6.45) is 5.88. The maximum atomic E-state index is 5.68. The Morgan fingerprint density at radius 3 is 2.67 bits per heavy atom. The second-order valence-corrected chi connectivity index (χ2v) is 4.98. The minimum Gasteiger partial charge on any atom is -0.381 e. The zero-order valence-electron chi connectivity index (χ0n) is 11.9. The van der Waals surface area contributed by atoms with Crippen LogP contribution in [0.1, 0.15) is 45.2 Å². The van der Waals surface area contributed by atoms with Crippen LogP contribution in [0.15, 0.2) is 24.5 Å². The molecule has 0 aliphatic heterocycles. The lowest BCUT2D eigenvalue weighted by Gasteiger charge is -2.18. The molecule has 0 saturated heterocycles. The average Bonchev–Trinajstić information content (AvgIpc) is 2.38. The number of aromatic nitrogens is 1. The molecule has 0 saturated carbocycles. The average molecular weight is 250 g/mol. The van der Waals surface area contributed by atoms with Gasteiger partial charge in [-0.3, -0.25) is 4.98 Å². The van der Waals surface area contributed by atoms with Crippen LogP contribution in [0, 0.1) is 5.92 Å². The monoisotopic (exact) mass is 250 g/mol. The van der Waals surface area contributed by atoms with E-state index in [0.717, 1.165) is 32.6 Å². The van der Waals surface area contributed by atoms with Gasteiger partial charge in [-0.1, -0.05) is 26.8 Å². The zero-order valence-corrected chi connectivity index (χ0v) is 11.9. The SMILES string of the molecule is CCNC(CCOCCC(C)C)c1cccnc1. The van der Waals surface area contributed by atoms with Gasteiger partial charge in [-0.25, -0.2) is 0 Å². The van der Waals surface area contributed by atoms with Crippen molar-refractivity contribution in [3.8, 4) is 0 Å². The van der Waals surface area contributed by atoms with E-state index in [1.807, 2.05) is 18.5 Å². The number of pyridine rings is 1. The van der Waals surface area contributed by atoms with Crippen molar-refractivity contribution in [1.82, 2.24) is 10.3 Å². The Morgan fingerprint density at radius 2 is 2.06 bits per heavy atom. The van der Waals surface area contributed by atoms with Crippen molar-refractivity contribution in [3.63, 3.8) is 0 Å². The maximum absolute atomic E-state index is 5.68. The summed E-state index contributed by atoms with van der Waals surface area (Å²) in [6, 6.07) is 4.45. The van der Waals surface area contributed by atoms with Crippen LogP contribution >= 0.6 is 0 Å². The molecular weight excluding hydrogens is 224 g/mol. The van der Waals surface area contributed by atoms with Gasteiger partial charge in [0.05, 0.1) is 0 Å². The van der Waals surface area contributed by atoms with Crippen LogP contribution in [0.5, 0.6) is 0 Å². The van der Waals surface area contributed by atoms with Crippen molar-refractivity contribution in [2.45, 2.75) is 39.7 Å². The molecule has 1 N–H and O–H groups in total. The van der Waals surface area contributed by atoms with Crippen molar-refractivity contribution >= 4 is 0 Å². The van der Waals surface area contributed by atoms with Gasteiger partial charge in [-0.15, -0.1) is 0 Å². The van der Waals surface area contributed by atoms with Crippen LogP contribution in [0.2, 0.25) is 0 Å². The fourth-order valence-electron chi connectivity index (χ4n) is 1.84. The minimum atomic E-state index is 0.350. The highest BCUT2D eigenvalue weighted by Crippen LogP contribution is 2.15. The second kappa shape index (κ2) is 9.06. The fraction of sp³-hybridized carbons (Fsp3) is 0.667. The van der Waals surface area contributed by atoms with Crippen LogP contribution in [-0.2, 0) is 4.74 Å². The molecule has 1 atom stereocenters. The smallest absolute Gasteiger partial charge is 0.0484 e. The highest BCUT2D eigenvalue weighted by molar-refractivity contribution is 5.13. The van der Waals surface area contributed by atoms with E-state index >= 15 is 0 Å². The molecule has 0 amide bonds. The molecule has 3 nitrogen and oxygen atoms in total. The van der Waals surface area contributed by atoms with Gasteiger partial charge in [-0.05, 0) is 36.9 Å². The third-order valence-corrected chi connectivity index (χ3v) is 2.93. The van der Waals surface area contributed by atoms with E-state index < -0.39 is 0 Å². The standard InChI is InChI=1S/C15H26N2O/c1-4-17-15(14-6-5-9-16-12-14)8-11-18-10-7-13(2)3/h5-6,9,12-13,15,17H,4,7-8,10-11H2,1-3H3. The van der Waals surface area contributed by atoms with E-state index in [1.54, 1.807) is 0 Å². The van der Waals surface area contributed by atoms with Crippen molar-refractivity contribution in [2.24, 2.45) is 5.92 Å². The van der Waals surface area contributed by atoms with Crippen molar-refractivity contribution in [3.05, 3.63) is 30.1 Å². The second-order valence-electron chi connectivity index (χ2n) is 4.98. The van der Waals surface area contributed by atoms with Crippen LogP contribution in [0.3, 0.4) is 0 Å². The molecule has 1 rings (SSSR count). The van der Waals surface area contributed by atoms with Crippen molar-refractivity contribution in [1.29, 1.82) is 0 Å². The van der Waals surface area contributed by atoms with E-state index in [9.17, 15) is 0 Å². The molecule has 0 bridgehead atoms. The summed E-state index contributed by atoms with van der Waals surface area (Å²) in [6.45, 7) is 9.21. The number of rotatable bonds is 9. The van der Waals surface area contributed by atoms with Gasteiger partial charge < -0.3 is 10.1 Å². The quantitative estimate of drug-likeness (QED) is 0.683. The molecule has 0 spiro atoms. The Balaban J connectivity index is 2.31. The molecule has 1 unspecified atom stereocenters. The lowest BCUT2D eigenvalue weighted by atomic mass is 10.1. The topological polar surface area (TPSA) is 34.1 Å². The number of hydrogen-bond donors (Lipinski definition) is 1. The van der Waals surface area contributed by atoms with Gasteiger partial charge >= 0.3 is 0 Å². The molecule has 18 heavy (non-hydrogen) atoms. The lowest BCUT2D eigenvalue weighted by molar-refractivity contribution is 0.114. The predicted octanol–water partition coefficient (Wildman–Crippen LogP) is 3.19. The maximum Gasteiger partial charge on any atom is 0.0484 e. The molecule has 0 aliphatic carbocycles. The summed E-state index contributed by atoms with van der Waals surface area (Å²) in [7, 11) is 0. The van der Waals surface area contributed by atoms with Crippen molar-refractivity contribution < 1.29 is 4.74 Å². The Bertz CT molecular complexity index is 301. The first-order chi connectivity index (χ1) is 8.74. The number of nitrogens with one attached hydrogen (secondary N) is 1. The van der Waals surface area contributed by atoms with E-state index in [4.69, 9.17) is 4.74 Å². The number of hydrogen-bond acceptors (Lipinski definition) is 3. The third kappa shape index (κ3) is 6.12. The molecule has 1 heterocycles. The van der Waals surface area contributed by atoms with Gasteiger partial charge in [0.15, 0.2) is 0 Å². The summed E-state index contributed by atoms with van der Waals surface area (Å²) in [5.74, 6) is 0.716. The number of nitrogens with zero attached hydrogens (tertiary/aromatic N) is 1. The van der Waals surface area contributed by atoms with Gasteiger partial charge in [0.25, 0.3) is 0 Å². The summed E-state index contributed by atoms with van der Waals surface area (Å²) >= 11 is 0. The fourth-order valence-corrected chi connectivity index (χ4v) is 1.84. The van der Waals surface area contributed by atoms with Crippen LogP contribution in [0.25, 0.3) is 0 Å². The third-order valence-electron chi connectivity index (χ3n) is 2.93. The molecule has 1 aromatic heterocycles. The van der Waals surface area contributed by atoms with E-state index in [0.29, 0.717) is 12.0 Å². The summed E-state index contributed by atoms with van der Waals surface area (Å²) in [5.41, 5.74) is 1.24. The van der Waals surface area contributed by atoms with Gasteiger partial charge in [0, 0.05) is 31.6 Å². The summed E-state index contributed by atoms with van der Waals surface area (Å²) < 4.78 is 5.68. The Morgan fingerprint density at radius 1 is 1.28 bits per heavy atom. The first kappa shape index (κ1) is 15.1. The summed E-state index contributed by atoms with van der Waals surface area (Å²) in [5, 5.41) is 3.48. The Labute approximate surface area is 111 Å². The molecular formula is C15H26N2O. The van der Waals surface area contributed by atoms with Gasteiger partial charge in [0.2, 0.25) is 0 Å². The van der Waals surface area contributed by atoms with Gasteiger partial charge in [-0.2, -0.15) is 0 Å². The first-order valence-electron chi connectivity index (χ1n) is 6.95. The lowest BCUT2D eigenvalue weighted by Crippen LogP contribution is -2.22. The van der Waals surface area contributed by atoms with Crippen molar-refractivity contribution in [2.75, 3.05) is 19.8 Å². The van der Waals surface area contributed by atoms with Crippen LogP contribution in [-0.4, -0.2) is 24.7 Å². The molecule has 0 aliphatic rings. The van der Waals surface area contributed by atoms with E-state index in [2.05, 4.69) is 37.1 Å². The highest BCUT2D eigenvalue weighted by Gasteiger charge is 2.09. The number of ether oxygens (including phenoxy) is 1. The normalized spacial score (nSPS) is 12.9. The van der Waals surface area contributed by atoms with Crippen LogP contribution in [0.4, 0.5) is 0 Å². The van der Waals surface area contributed by atoms with Gasteiger partial charge in [0.1, 0.15) is 0 Å². The molecule has 0 fully saturated rings. The molecule has 1 aromatic rings.